The van der Waals surface area contributed by atoms with Crippen molar-refractivity contribution in [1.29, 1.82) is 0 Å². The second kappa shape index (κ2) is 78.9. The van der Waals surface area contributed by atoms with E-state index in [9.17, 15) is 19.0 Å². The Morgan fingerprint density at radius 2 is 0.585 bits per heavy atom. The molecule has 3 N–H and O–H groups in total. The quantitative estimate of drug-likeness (QED) is 0.0264. The van der Waals surface area contributed by atoms with Crippen LogP contribution >= 0.6 is 7.82 Å². The summed E-state index contributed by atoms with van der Waals surface area (Å²) >= 11 is 0. The molecule has 0 aliphatic carbocycles. The Bertz CT molecular complexity index is 1870. The second-order valence-corrected chi connectivity index (χ2v) is 28.4. The number of hydrogen-bond donors (Lipinski definition) is 2. The average molecular weight is 1340 g/mol. The maximum Gasteiger partial charge on any atom is 0.472 e. The van der Waals surface area contributed by atoms with Gasteiger partial charge in [0.2, 0.25) is 0 Å². The molecule has 0 aromatic carbocycles. The van der Waals surface area contributed by atoms with Gasteiger partial charge in [0.1, 0.15) is 6.61 Å². The first kappa shape index (κ1) is 90.9. The zero-order valence-corrected chi connectivity index (χ0v) is 62.6. The van der Waals surface area contributed by atoms with Gasteiger partial charge in [-0.05, 0) is 77.0 Å². The van der Waals surface area contributed by atoms with Gasteiger partial charge in [-0.3, -0.25) is 18.6 Å². The van der Waals surface area contributed by atoms with E-state index in [4.69, 9.17) is 24.3 Å². The first-order valence-corrected chi connectivity index (χ1v) is 41.7. The second-order valence-electron chi connectivity index (χ2n) is 26.9. The summed E-state index contributed by atoms with van der Waals surface area (Å²) in [7, 11) is -4.40. The van der Waals surface area contributed by atoms with Crippen molar-refractivity contribution in [2.45, 2.75) is 399 Å². The number of phosphoric acid groups is 1. The number of ether oxygens (including phenoxy) is 2. The van der Waals surface area contributed by atoms with Crippen LogP contribution in [-0.2, 0) is 32.7 Å². The number of phosphoric ester groups is 1. The third kappa shape index (κ3) is 77.9. The molecule has 0 aliphatic heterocycles. The molecule has 0 aliphatic rings. The van der Waals surface area contributed by atoms with E-state index in [1.807, 2.05) is 0 Å². The summed E-state index contributed by atoms with van der Waals surface area (Å²) < 4.78 is 33.3. The Balaban J connectivity index is 3.80. The van der Waals surface area contributed by atoms with E-state index in [-0.39, 0.29) is 38.6 Å². The van der Waals surface area contributed by atoms with Crippen LogP contribution in [0.2, 0.25) is 0 Å². The van der Waals surface area contributed by atoms with Crippen molar-refractivity contribution < 1.29 is 37.6 Å². The zero-order chi connectivity index (χ0) is 67.9. The largest absolute Gasteiger partial charge is 0.472 e. The molecule has 0 saturated heterocycles. The fraction of sp³-hybridized carbons (Fsp3) is 0.786. The molecule has 94 heavy (non-hydrogen) atoms. The molecule has 0 heterocycles. The maximum atomic E-state index is 12.8. The minimum Gasteiger partial charge on any atom is -0.462 e. The number of nitrogens with two attached hydrogens (primary N) is 1. The predicted molar refractivity (Wildman–Crippen MR) is 408 cm³/mol. The molecular formula is C84H152NO8P. The van der Waals surface area contributed by atoms with Crippen LogP contribution in [0.15, 0.2) is 97.2 Å². The molecule has 9 nitrogen and oxygen atoms in total. The van der Waals surface area contributed by atoms with Crippen molar-refractivity contribution >= 4 is 19.8 Å². The summed E-state index contributed by atoms with van der Waals surface area (Å²) in [6, 6.07) is 0. The molecule has 546 valence electrons. The van der Waals surface area contributed by atoms with E-state index in [0.29, 0.717) is 6.42 Å². The van der Waals surface area contributed by atoms with Gasteiger partial charge >= 0.3 is 19.8 Å². The van der Waals surface area contributed by atoms with Crippen molar-refractivity contribution in [3.8, 4) is 0 Å². The van der Waals surface area contributed by atoms with Crippen molar-refractivity contribution in [2.75, 3.05) is 26.4 Å². The molecule has 0 spiro atoms. The Morgan fingerprint density at radius 3 is 0.872 bits per heavy atom. The molecule has 0 aromatic rings. The Hall–Kier alpha value is -3.07. The lowest BCUT2D eigenvalue weighted by Gasteiger charge is -2.19. The Kier molecular flexibility index (Phi) is 76.3. The van der Waals surface area contributed by atoms with E-state index in [2.05, 4.69) is 111 Å². The number of rotatable bonds is 76. The van der Waals surface area contributed by atoms with E-state index in [1.54, 1.807) is 0 Å². The predicted octanol–water partition coefficient (Wildman–Crippen LogP) is 27.0. The lowest BCUT2D eigenvalue weighted by Crippen LogP contribution is -2.29. The highest BCUT2D eigenvalue weighted by atomic mass is 31.2. The Morgan fingerprint density at radius 1 is 0.330 bits per heavy atom. The van der Waals surface area contributed by atoms with Gasteiger partial charge in [-0.25, -0.2) is 4.57 Å². The van der Waals surface area contributed by atoms with Crippen LogP contribution in [0.1, 0.15) is 393 Å². The molecule has 0 fully saturated rings. The normalized spacial score (nSPS) is 13.4. The number of esters is 2. The van der Waals surface area contributed by atoms with Crippen LogP contribution in [0.4, 0.5) is 0 Å². The molecule has 0 rings (SSSR count). The summed E-state index contributed by atoms with van der Waals surface area (Å²) in [6.07, 6.45) is 108. The molecule has 0 amide bonds. The van der Waals surface area contributed by atoms with Gasteiger partial charge in [-0.2, -0.15) is 0 Å². The lowest BCUT2D eigenvalue weighted by molar-refractivity contribution is -0.161. The molecule has 0 aromatic heterocycles. The van der Waals surface area contributed by atoms with Crippen LogP contribution in [0.5, 0.6) is 0 Å². The van der Waals surface area contributed by atoms with Gasteiger partial charge in [-0.1, -0.05) is 400 Å². The fourth-order valence-corrected chi connectivity index (χ4v) is 12.6. The number of hydrogen-bond acceptors (Lipinski definition) is 8. The lowest BCUT2D eigenvalue weighted by atomic mass is 10.0. The van der Waals surface area contributed by atoms with Crippen LogP contribution < -0.4 is 5.73 Å². The van der Waals surface area contributed by atoms with Gasteiger partial charge in [0.15, 0.2) is 6.10 Å². The molecule has 2 unspecified atom stereocenters. The summed E-state index contributed by atoms with van der Waals surface area (Å²) in [5.41, 5.74) is 5.41. The number of allylic oxidation sites excluding steroid dienone is 16. The molecular weight excluding hydrogens is 1180 g/mol. The van der Waals surface area contributed by atoms with Gasteiger partial charge in [-0.15, -0.1) is 0 Å². The van der Waals surface area contributed by atoms with Gasteiger partial charge in [0.25, 0.3) is 0 Å². The van der Waals surface area contributed by atoms with Crippen molar-refractivity contribution in [3.05, 3.63) is 97.2 Å². The average Bonchev–Trinajstić information content (AvgIpc) is 3.51. The molecule has 0 radical (unpaired) electrons. The third-order valence-electron chi connectivity index (χ3n) is 17.7. The van der Waals surface area contributed by atoms with Crippen LogP contribution in [0.3, 0.4) is 0 Å². The van der Waals surface area contributed by atoms with E-state index < -0.39 is 26.5 Å². The van der Waals surface area contributed by atoms with E-state index in [1.165, 1.54) is 263 Å². The number of carbonyl (C=O) groups excluding carboxylic acids is 2. The van der Waals surface area contributed by atoms with Gasteiger partial charge < -0.3 is 20.1 Å². The highest BCUT2D eigenvalue weighted by Crippen LogP contribution is 2.43. The first-order valence-electron chi connectivity index (χ1n) is 40.2. The highest BCUT2D eigenvalue weighted by Gasteiger charge is 2.26. The smallest absolute Gasteiger partial charge is 0.462 e. The minimum atomic E-state index is -4.40. The number of carbonyl (C=O) groups is 2. The topological polar surface area (TPSA) is 134 Å². The summed E-state index contributed by atoms with van der Waals surface area (Å²) in [6.45, 7) is 3.67. The SMILES string of the molecule is CC/C=C\C/C=C\C/C=C\C/C=C\C/C=C\C/C=C\C/C=C\C/C=C\CCCCCCCCCCC(=O)OC(COC(=O)CCCCCCCCCCCCCCCCCCCCCCCCCCCCCCCCCCCCCCCCCC)COP(=O)(O)OCCN. The van der Waals surface area contributed by atoms with Crippen molar-refractivity contribution in [2.24, 2.45) is 5.73 Å². The third-order valence-corrected chi connectivity index (χ3v) is 18.7. The van der Waals surface area contributed by atoms with Gasteiger partial charge in [0, 0.05) is 19.4 Å². The molecule has 0 saturated carbocycles. The highest BCUT2D eigenvalue weighted by molar-refractivity contribution is 7.47. The summed E-state index contributed by atoms with van der Waals surface area (Å²) in [4.78, 5) is 35.5. The summed E-state index contributed by atoms with van der Waals surface area (Å²) in [5.74, 6) is -0.826. The monoisotopic (exact) mass is 1330 g/mol. The number of unbranched alkanes of at least 4 members (excludes halogenated alkanes) is 47. The fourth-order valence-electron chi connectivity index (χ4n) is 11.8. The summed E-state index contributed by atoms with van der Waals surface area (Å²) in [5, 5.41) is 0. The molecule has 0 bridgehead atoms. The van der Waals surface area contributed by atoms with Crippen molar-refractivity contribution in [3.63, 3.8) is 0 Å². The first-order chi connectivity index (χ1) is 46.3. The zero-order valence-electron chi connectivity index (χ0n) is 61.7. The van der Waals surface area contributed by atoms with E-state index >= 15 is 0 Å². The Labute approximate surface area is 582 Å². The minimum absolute atomic E-state index is 0.0492. The molecule has 2 atom stereocenters. The van der Waals surface area contributed by atoms with E-state index in [0.717, 1.165) is 96.3 Å². The van der Waals surface area contributed by atoms with Crippen LogP contribution in [0.25, 0.3) is 0 Å². The van der Waals surface area contributed by atoms with Crippen LogP contribution in [-0.4, -0.2) is 49.3 Å². The van der Waals surface area contributed by atoms with Crippen molar-refractivity contribution in [1.82, 2.24) is 0 Å². The van der Waals surface area contributed by atoms with Gasteiger partial charge in [0.05, 0.1) is 13.2 Å². The standard InChI is InChI=1S/C84H152NO8P/c1-3-5-7-9-11-13-15-17-19-21-23-25-27-29-31-33-35-37-38-39-40-41-42-43-45-46-48-50-52-54-56-58-60-62-64-66-68-70-72-74-76-83(86)90-80-82(81-92-94(88,89)91-79-78-85)93-84(87)77-75-73-71-69-67-65-63-61-59-57-55-53-51-49-47-44-36-34-32-30-28-26-24-22-20-18-16-14-12-10-8-6-4-2/h6,8,12,14,18,20,24,26,30,32,36,44,49,51,55,57,82H,3-5,7,9-11,13,15-17,19,21-23,25,27-29,31,33-35,37-43,45-48,50,52-54,56,58-81,85H2,1-2H3,(H,88,89)/b8-6-,14-12-,20-18-,26-24-,32-30-,44-36-,51-49-,57-55-. The van der Waals surface area contributed by atoms with Crippen LogP contribution in [0, 0.1) is 0 Å². The molecule has 10 heteroatoms. The maximum absolute atomic E-state index is 12.8.